The zero-order chi connectivity index (χ0) is 60.7. The van der Waals surface area contributed by atoms with E-state index in [1.807, 2.05) is 126 Å². The van der Waals surface area contributed by atoms with Gasteiger partial charge in [0.1, 0.15) is 41.7 Å². The zero-order valence-electron chi connectivity index (χ0n) is 49.0. The molecule has 3 amide bonds. The fraction of sp³-hybridized carbons (Fsp3) is 0.297. The highest BCUT2D eigenvalue weighted by molar-refractivity contribution is 7.15. The van der Waals surface area contributed by atoms with Crippen LogP contribution in [0.4, 0.5) is 8.78 Å². The number of carbonyl (C=O) groups excluding carboxylic acids is 3. The van der Waals surface area contributed by atoms with Crippen molar-refractivity contribution in [2.24, 2.45) is 11.5 Å². The molecule has 0 saturated heterocycles. The normalized spacial score (nSPS) is 12.3. The van der Waals surface area contributed by atoms with E-state index >= 15 is 0 Å². The number of nitrogens with one attached hydrogen (secondary N) is 3. The van der Waals surface area contributed by atoms with Crippen LogP contribution < -0.4 is 27.4 Å². The molecule has 0 radical (unpaired) electrons. The summed E-state index contributed by atoms with van der Waals surface area (Å²) in [7, 11) is 3.89. The van der Waals surface area contributed by atoms with E-state index < -0.39 is 12.1 Å². The largest absolute Gasteiger partial charge is 0.347 e. The molecule has 3 unspecified atom stereocenters. The van der Waals surface area contributed by atoms with E-state index in [2.05, 4.69) is 77.7 Å². The van der Waals surface area contributed by atoms with E-state index in [9.17, 15) is 23.2 Å². The van der Waals surface area contributed by atoms with E-state index in [1.54, 1.807) is 24.3 Å². The van der Waals surface area contributed by atoms with Crippen molar-refractivity contribution in [2.45, 2.75) is 111 Å². The first-order valence-electron chi connectivity index (χ1n) is 27.3. The third kappa shape index (κ3) is 18.8. The summed E-state index contributed by atoms with van der Waals surface area (Å²) in [5.41, 5.74) is 22.6. The molecule has 0 aliphatic heterocycles. The van der Waals surface area contributed by atoms with E-state index in [-0.39, 0.29) is 47.5 Å². The number of benzene rings is 6. The summed E-state index contributed by atoms with van der Waals surface area (Å²) in [6.07, 6.45) is 1.25. The van der Waals surface area contributed by atoms with E-state index in [4.69, 9.17) is 11.5 Å². The molecule has 0 bridgehead atoms. The lowest BCUT2D eigenvalue weighted by atomic mass is 9.94. The number of amides is 3. The summed E-state index contributed by atoms with van der Waals surface area (Å²) < 4.78 is 29.0. The lowest BCUT2D eigenvalue weighted by Gasteiger charge is -2.20. The number of carbonyl (C=O) groups is 3. The average Bonchev–Trinajstić information content (AvgIpc) is 4.28. The van der Waals surface area contributed by atoms with Crippen LogP contribution in [0.25, 0.3) is 31.7 Å². The first-order chi connectivity index (χ1) is 40.0. The lowest BCUT2D eigenvalue weighted by molar-refractivity contribution is -0.120. The van der Waals surface area contributed by atoms with Gasteiger partial charge in [0.05, 0.1) is 18.1 Å². The van der Waals surface area contributed by atoms with Crippen molar-refractivity contribution in [3.8, 4) is 31.7 Å². The lowest BCUT2D eigenvalue weighted by Crippen LogP contribution is -2.29. The molecular weight excluding hydrogens is 1120 g/mol. The maximum atomic E-state index is 14.7. The topological polar surface area (TPSA) is 220 Å². The Bertz CT molecular complexity index is 3670. The van der Waals surface area contributed by atoms with Crippen molar-refractivity contribution in [1.82, 2.24) is 51.4 Å². The van der Waals surface area contributed by atoms with Crippen LogP contribution in [-0.4, -0.2) is 67.3 Å². The molecule has 9 aromatic rings. The maximum absolute atomic E-state index is 14.7. The highest BCUT2D eigenvalue weighted by Crippen LogP contribution is 2.33. The molecule has 3 heterocycles. The quantitative estimate of drug-likeness (QED) is 0.0511. The summed E-state index contributed by atoms with van der Waals surface area (Å²) in [6, 6.07) is 41.5. The Morgan fingerprint density at radius 2 is 0.869 bits per heavy atom. The molecule has 7 N–H and O–H groups in total. The van der Waals surface area contributed by atoms with Crippen LogP contribution in [0.5, 0.6) is 0 Å². The molecule has 3 atom stereocenters. The predicted molar refractivity (Wildman–Crippen MR) is 333 cm³/mol. The first-order valence-corrected chi connectivity index (χ1v) is 29.7. The standard InChI is InChI=1S/C22H25FN4OS.C22H26N4OS.C20H21FN4OS/c1-14-6-5-7-18(10-14)21-25-26-22(29-21)20(24-15(2)28)12-17-9-8-16(11-19(17)23)13-27(3)4;1-14-6-5-7-17(12-14)20-25-26-21(28-20)19(24-15(2)27)13-16-8-10-18(11-9-16)22(3,4)23;1-12-4-3-5-16(8-12)19-24-25-20(27-19)18(23-13(2)26)10-15-7-6-14(11-22)9-17(15)21/h5-11,20H,12-13H2,1-4H3,(H,24,28);5-12,19H,13,23H2,1-4H3,(H,24,27);3-9,18H,10-11,22H2,1-2H3,(H,23,26). The van der Waals surface area contributed by atoms with Gasteiger partial charge in [-0.3, -0.25) is 14.4 Å². The Labute approximate surface area is 502 Å². The summed E-state index contributed by atoms with van der Waals surface area (Å²) in [4.78, 5) is 37.1. The second-order valence-corrected chi connectivity index (χ2v) is 24.6. The van der Waals surface area contributed by atoms with Crippen LogP contribution in [0.3, 0.4) is 0 Å². The maximum Gasteiger partial charge on any atom is 0.217 e. The van der Waals surface area contributed by atoms with Crippen LogP contribution in [0.15, 0.2) is 133 Å². The Morgan fingerprint density at radius 3 is 1.20 bits per heavy atom. The second-order valence-electron chi connectivity index (χ2n) is 21.5. The van der Waals surface area contributed by atoms with Crippen molar-refractivity contribution in [2.75, 3.05) is 14.1 Å². The number of hydrogen-bond donors (Lipinski definition) is 5. The molecule has 0 aliphatic rings. The Kier molecular flexibility index (Phi) is 22.5. The molecule has 9 rings (SSSR count). The van der Waals surface area contributed by atoms with Gasteiger partial charge < -0.3 is 32.3 Å². The average molecular weight is 1190 g/mol. The molecule has 0 spiro atoms. The summed E-state index contributed by atoms with van der Waals surface area (Å²) in [5, 5.41) is 39.0. The molecule has 438 valence electrons. The van der Waals surface area contributed by atoms with E-state index in [1.165, 1.54) is 66.4 Å². The zero-order valence-corrected chi connectivity index (χ0v) is 51.4. The molecule has 84 heavy (non-hydrogen) atoms. The number of aromatic nitrogens is 6. The smallest absolute Gasteiger partial charge is 0.217 e. The minimum atomic E-state index is -0.447. The fourth-order valence-corrected chi connectivity index (χ4v) is 11.7. The van der Waals surface area contributed by atoms with Gasteiger partial charge in [-0.1, -0.05) is 154 Å². The van der Waals surface area contributed by atoms with Gasteiger partial charge >= 0.3 is 0 Å². The van der Waals surface area contributed by atoms with Gasteiger partial charge in [-0.15, -0.1) is 30.6 Å². The fourth-order valence-electron chi connectivity index (χ4n) is 9.00. The molecule has 6 aromatic carbocycles. The van der Waals surface area contributed by atoms with Gasteiger partial charge in [0, 0.05) is 68.9 Å². The van der Waals surface area contributed by atoms with Crippen molar-refractivity contribution in [3.05, 3.63) is 210 Å². The third-order valence-corrected chi connectivity index (χ3v) is 16.4. The number of aryl methyl sites for hydroxylation is 3. The van der Waals surface area contributed by atoms with E-state index in [0.717, 1.165) is 70.1 Å². The van der Waals surface area contributed by atoms with Gasteiger partial charge in [-0.05, 0) is 119 Å². The molecule has 20 heteroatoms. The van der Waals surface area contributed by atoms with Gasteiger partial charge in [0.25, 0.3) is 0 Å². The van der Waals surface area contributed by atoms with E-state index in [0.29, 0.717) is 46.9 Å². The summed E-state index contributed by atoms with van der Waals surface area (Å²) in [5.74, 6) is -1.09. The Hall–Kier alpha value is -7.85. The Balaban J connectivity index is 0.000000181. The number of halogens is 2. The Morgan fingerprint density at radius 1 is 0.512 bits per heavy atom. The molecule has 0 fully saturated rings. The van der Waals surface area contributed by atoms with Gasteiger partial charge in [-0.2, -0.15) is 0 Å². The molecule has 15 nitrogen and oxygen atoms in total. The monoisotopic (exact) mass is 1190 g/mol. The van der Waals surface area contributed by atoms with Crippen LogP contribution in [0.1, 0.15) is 118 Å². The van der Waals surface area contributed by atoms with Gasteiger partial charge in [-0.25, -0.2) is 8.78 Å². The van der Waals surface area contributed by atoms with Crippen molar-refractivity contribution < 1.29 is 23.2 Å². The summed E-state index contributed by atoms with van der Waals surface area (Å²) in [6.45, 7) is 15.4. The second kappa shape index (κ2) is 29.6. The minimum Gasteiger partial charge on any atom is -0.347 e. The van der Waals surface area contributed by atoms with Crippen LogP contribution >= 0.6 is 34.0 Å². The van der Waals surface area contributed by atoms with Crippen LogP contribution in [0, 0.1) is 32.4 Å². The SMILES string of the molecule is CC(=O)NC(Cc1ccc(C(C)(C)N)cc1)c1nnc(-c2cccc(C)c2)s1.CC(=O)NC(Cc1ccc(CN(C)C)cc1F)c1nnc(-c2cccc(C)c2)s1.CC(=O)NC(Cc1ccc(CN)cc1F)c1nnc(-c2cccc(C)c2)s1. The van der Waals surface area contributed by atoms with Crippen molar-refractivity contribution >= 4 is 51.7 Å². The van der Waals surface area contributed by atoms with Crippen molar-refractivity contribution in [1.29, 1.82) is 0 Å². The number of rotatable bonds is 19. The molecule has 3 aromatic heterocycles. The third-order valence-electron chi connectivity index (χ3n) is 13.1. The van der Waals surface area contributed by atoms with Crippen LogP contribution in [0.2, 0.25) is 0 Å². The molecule has 0 aliphatic carbocycles. The highest BCUT2D eigenvalue weighted by atomic mass is 32.1. The van der Waals surface area contributed by atoms with Crippen LogP contribution in [-0.2, 0) is 52.3 Å². The number of hydrogen-bond acceptors (Lipinski definition) is 15. The predicted octanol–water partition coefficient (Wildman–Crippen LogP) is 11.8. The summed E-state index contributed by atoms with van der Waals surface area (Å²) >= 11 is 4.33. The first kappa shape index (κ1) is 63.7. The highest BCUT2D eigenvalue weighted by Gasteiger charge is 2.24. The molecule has 0 saturated carbocycles. The number of nitrogens with zero attached hydrogens (tertiary/aromatic N) is 7. The molecular formula is C64H72F2N12O3S3. The minimum absolute atomic E-state index is 0.0861. The van der Waals surface area contributed by atoms with Crippen molar-refractivity contribution in [3.63, 3.8) is 0 Å². The van der Waals surface area contributed by atoms with Gasteiger partial charge in [0.15, 0.2) is 0 Å². The number of nitrogens with two attached hydrogens (primary N) is 2. The van der Waals surface area contributed by atoms with Gasteiger partial charge in [0.2, 0.25) is 17.7 Å².